The third kappa shape index (κ3) is 3.57. The maximum Gasteiger partial charge on any atom is 0.346 e. The minimum absolute atomic E-state index is 0.0431. The van der Waals surface area contributed by atoms with Gasteiger partial charge in [0.1, 0.15) is 10.7 Å². The molecular formula is C22H18FNO6S. The number of fused-ring (bicyclic) bond motifs is 1. The molecule has 0 radical (unpaired) electrons. The van der Waals surface area contributed by atoms with Crippen LogP contribution in [-0.2, 0) is 4.79 Å². The van der Waals surface area contributed by atoms with E-state index in [1.54, 1.807) is 12.1 Å². The number of hydrogen-bond donors (Lipinski definition) is 3. The van der Waals surface area contributed by atoms with Crippen molar-refractivity contribution in [3.63, 3.8) is 0 Å². The van der Waals surface area contributed by atoms with Crippen LogP contribution in [0, 0.1) is 5.82 Å². The van der Waals surface area contributed by atoms with Gasteiger partial charge >= 0.3 is 5.97 Å². The molecule has 1 aromatic heterocycles. The second-order valence-electron chi connectivity index (χ2n) is 6.94. The zero-order valence-electron chi connectivity index (χ0n) is 16.6. The van der Waals surface area contributed by atoms with Crippen molar-refractivity contribution in [3.8, 4) is 28.4 Å². The fourth-order valence-electron chi connectivity index (χ4n) is 3.71. The van der Waals surface area contributed by atoms with Crippen LogP contribution < -0.4 is 14.8 Å². The summed E-state index contributed by atoms with van der Waals surface area (Å²) in [6.45, 7) is 0. The molecule has 0 unspecified atom stereocenters. The normalized spacial score (nSPS) is 15.2. The number of anilines is 1. The Kier molecular flexibility index (Phi) is 5.28. The molecule has 0 fully saturated rings. The van der Waals surface area contributed by atoms with Gasteiger partial charge in [-0.05, 0) is 35.4 Å². The van der Waals surface area contributed by atoms with Gasteiger partial charge in [0.2, 0.25) is 11.7 Å². The molecule has 1 amide bonds. The number of benzene rings is 2. The van der Waals surface area contributed by atoms with E-state index in [1.165, 1.54) is 38.5 Å². The quantitative estimate of drug-likeness (QED) is 0.538. The number of methoxy groups -OCH3 is 2. The Morgan fingerprint density at radius 2 is 1.77 bits per heavy atom. The van der Waals surface area contributed by atoms with E-state index < -0.39 is 17.7 Å². The predicted molar refractivity (Wildman–Crippen MR) is 113 cm³/mol. The Morgan fingerprint density at radius 3 is 2.32 bits per heavy atom. The van der Waals surface area contributed by atoms with Crippen molar-refractivity contribution in [1.82, 2.24) is 0 Å². The molecule has 0 aliphatic carbocycles. The molecule has 3 N–H and O–H groups in total. The average molecular weight is 443 g/mol. The van der Waals surface area contributed by atoms with Crippen molar-refractivity contribution < 1.29 is 33.7 Å². The van der Waals surface area contributed by atoms with E-state index in [4.69, 9.17) is 9.47 Å². The molecule has 7 nitrogen and oxygen atoms in total. The number of rotatable bonds is 5. The number of carbonyl (C=O) groups is 2. The largest absolute Gasteiger partial charge is 0.502 e. The lowest BCUT2D eigenvalue weighted by molar-refractivity contribution is -0.116. The summed E-state index contributed by atoms with van der Waals surface area (Å²) >= 11 is 1.05. The lowest BCUT2D eigenvalue weighted by atomic mass is 9.88. The highest BCUT2D eigenvalue weighted by Crippen LogP contribution is 2.51. The number of ether oxygens (including phenoxy) is 2. The number of halogens is 1. The van der Waals surface area contributed by atoms with Gasteiger partial charge in [-0.3, -0.25) is 4.79 Å². The minimum atomic E-state index is -1.15. The number of carbonyl (C=O) groups excluding carboxylic acids is 1. The Balaban J connectivity index is 1.94. The Hall–Kier alpha value is -3.59. The van der Waals surface area contributed by atoms with E-state index in [1.807, 2.05) is 0 Å². The highest BCUT2D eigenvalue weighted by Gasteiger charge is 2.35. The molecule has 1 aliphatic heterocycles. The van der Waals surface area contributed by atoms with Crippen LogP contribution in [0.4, 0.5) is 10.1 Å². The van der Waals surface area contributed by atoms with Crippen molar-refractivity contribution >= 4 is 28.9 Å². The molecule has 1 atom stereocenters. The van der Waals surface area contributed by atoms with Crippen LogP contribution >= 0.6 is 11.3 Å². The van der Waals surface area contributed by atoms with Gasteiger partial charge in [0.15, 0.2) is 11.5 Å². The number of hydrogen-bond acceptors (Lipinski definition) is 6. The summed E-state index contributed by atoms with van der Waals surface area (Å²) in [7, 11) is 2.80. The Bertz CT molecular complexity index is 1160. The number of phenols is 1. The first kappa shape index (κ1) is 20.7. The molecule has 4 rings (SSSR count). The van der Waals surface area contributed by atoms with Crippen LogP contribution in [0.25, 0.3) is 11.1 Å². The van der Waals surface area contributed by atoms with Gasteiger partial charge in [-0.15, -0.1) is 11.3 Å². The van der Waals surface area contributed by atoms with E-state index in [0.717, 1.165) is 11.3 Å². The minimum Gasteiger partial charge on any atom is -0.502 e. The molecule has 31 heavy (non-hydrogen) atoms. The van der Waals surface area contributed by atoms with Gasteiger partial charge in [0.25, 0.3) is 0 Å². The molecule has 9 heteroatoms. The molecule has 3 aromatic rings. The Labute approximate surface area is 180 Å². The molecule has 0 saturated heterocycles. The fourth-order valence-corrected chi connectivity index (χ4v) is 4.96. The van der Waals surface area contributed by atoms with E-state index in [2.05, 4.69) is 5.32 Å². The van der Waals surface area contributed by atoms with Crippen LogP contribution in [0.5, 0.6) is 17.2 Å². The highest BCUT2D eigenvalue weighted by molar-refractivity contribution is 7.15. The fraction of sp³-hybridized carbons (Fsp3) is 0.182. The van der Waals surface area contributed by atoms with Gasteiger partial charge in [-0.2, -0.15) is 0 Å². The molecule has 2 aromatic carbocycles. The molecular weight excluding hydrogens is 425 g/mol. The summed E-state index contributed by atoms with van der Waals surface area (Å²) in [6, 6.07) is 8.63. The van der Waals surface area contributed by atoms with Crippen molar-refractivity contribution in [1.29, 1.82) is 0 Å². The molecule has 0 spiro atoms. The SMILES string of the molecule is COc1cc([C@@H]2CC(=O)Nc3c2sc(C(=O)O)c3-c2ccc(F)cc2)cc(OC)c1O. The average Bonchev–Trinajstić information content (AvgIpc) is 3.13. The van der Waals surface area contributed by atoms with E-state index in [9.17, 15) is 24.2 Å². The second-order valence-corrected chi connectivity index (χ2v) is 7.99. The number of carboxylic acids is 1. The Morgan fingerprint density at radius 1 is 1.16 bits per heavy atom. The lowest BCUT2D eigenvalue weighted by Crippen LogP contribution is -2.22. The molecule has 2 heterocycles. The lowest BCUT2D eigenvalue weighted by Gasteiger charge is -2.25. The molecule has 0 bridgehead atoms. The van der Waals surface area contributed by atoms with Crippen LogP contribution in [0.2, 0.25) is 0 Å². The predicted octanol–water partition coefficient (Wildman–Crippen LogP) is 4.45. The van der Waals surface area contributed by atoms with E-state index in [0.29, 0.717) is 27.3 Å². The maximum absolute atomic E-state index is 13.4. The van der Waals surface area contributed by atoms with Crippen LogP contribution in [0.15, 0.2) is 36.4 Å². The summed E-state index contributed by atoms with van der Waals surface area (Å²) in [6.07, 6.45) is 0.0759. The van der Waals surface area contributed by atoms with Gasteiger partial charge in [-0.25, -0.2) is 9.18 Å². The summed E-state index contributed by atoms with van der Waals surface area (Å²) in [4.78, 5) is 25.3. The zero-order chi connectivity index (χ0) is 22.3. The summed E-state index contributed by atoms with van der Waals surface area (Å²) in [5.41, 5.74) is 1.84. The van der Waals surface area contributed by atoms with Crippen molar-refractivity contribution in [2.75, 3.05) is 19.5 Å². The number of aromatic hydroxyl groups is 1. The smallest absolute Gasteiger partial charge is 0.346 e. The van der Waals surface area contributed by atoms with Crippen molar-refractivity contribution in [2.45, 2.75) is 12.3 Å². The van der Waals surface area contributed by atoms with Crippen molar-refractivity contribution in [3.05, 3.63) is 57.5 Å². The monoisotopic (exact) mass is 443 g/mol. The van der Waals surface area contributed by atoms with Gasteiger partial charge in [0, 0.05) is 22.8 Å². The standard InChI is InChI=1S/C22H18FNO6S/c1-29-14-7-11(8-15(30-2)19(14)26)13-9-16(25)24-18-17(10-3-5-12(23)6-4-10)21(22(27)28)31-20(13)18/h3-8,13,26H,9H2,1-2H3,(H,24,25)(H,27,28)/t13-/m0/s1. The molecule has 1 aliphatic rings. The third-order valence-electron chi connectivity index (χ3n) is 5.14. The van der Waals surface area contributed by atoms with Crippen LogP contribution in [0.1, 0.15) is 32.5 Å². The third-order valence-corrected chi connectivity index (χ3v) is 6.43. The van der Waals surface area contributed by atoms with Crippen LogP contribution in [0.3, 0.4) is 0 Å². The van der Waals surface area contributed by atoms with Gasteiger partial charge < -0.3 is 25.0 Å². The highest BCUT2D eigenvalue weighted by atomic mass is 32.1. The van der Waals surface area contributed by atoms with Gasteiger partial charge in [-0.1, -0.05) is 12.1 Å². The first-order valence-electron chi connectivity index (χ1n) is 9.24. The summed E-state index contributed by atoms with van der Waals surface area (Å²) in [5, 5.41) is 22.8. The number of amides is 1. The van der Waals surface area contributed by atoms with E-state index >= 15 is 0 Å². The van der Waals surface area contributed by atoms with Crippen molar-refractivity contribution in [2.24, 2.45) is 0 Å². The van der Waals surface area contributed by atoms with Crippen LogP contribution in [-0.4, -0.2) is 36.3 Å². The number of nitrogens with one attached hydrogen (secondary N) is 1. The number of aromatic carboxylic acids is 1. The summed E-state index contributed by atoms with van der Waals surface area (Å²) < 4.78 is 23.9. The maximum atomic E-state index is 13.4. The number of carboxylic acid groups (broad SMARTS) is 1. The zero-order valence-corrected chi connectivity index (χ0v) is 17.4. The molecule has 160 valence electrons. The first-order valence-corrected chi connectivity index (χ1v) is 10.1. The number of thiophene rings is 1. The summed E-state index contributed by atoms with van der Waals surface area (Å²) in [5.74, 6) is -2.18. The molecule has 0 saturated carbocycles. The number of phenolic OH excluding ortho intramolecular Hbond substituents is 1. The second kappa shape index (κ2) is 7.92. The van der Waals surface area contributed by atoms with E-state index in [-0.39, 0.29) is 34.5 Å². The topological polar surface area (TPSA) is 105 Å². The first-order chi connectivity index (χ1) is 14.8. The van der Waals surface area contributed by atoms with Gasteiger partial charge in [0.05, 0.1) is 19.9 Å².